The minimum absolute atomic E-state index is 0.127. The predicted molar refractivity (Wildman–Crippen MR) is 96.1 cm³/mol. The lowest BCUT2D eigenvalue weighted by atomic mass is 10.1. The summed E-state index contributed by atoms with van der Waals surface area (Å²) >= 11 is 1.61. The van der Waals surface area contributed by atoms with Crippen molar-refractivity contribution >= 4 is 28.6 Å². The topological polar surface area (TPSA) is 67.5 Å². The summed E-state index contributed by atoms with van der Waals surface area (Å²) in [6.45, 7) is 1.87. The van der Waals surface area contributed by atoms with Crippen LogP contribution in [0.15, 0.2) is 35.4 Å². The molecular weight excluding hydrogens is 306 g/mol. The molecule has 0 saturated carbocycles. The average molecular weight is 327 g/mol. The molecule has 5 heteroatoms. The zero-order chi connectivity index (χ0) is 16.2. The number of amides is 1. The van der Waals surface area contributed by atoms with Crippen molar-refractivity contribution in [3.05, 3.63) is 51.2 Å². The zero-order valence-electron chi connectivity index (χ0n) is 13.3. The SMILES string of the molecule is C/C(=N/NC(=O)c1cc2c(s1)CCCCC2)c1ccc(N)cc1. The highest BCUT2D eigenvalue weighted by atomic mass is 32.1. The summed E-state index contributed by atoms with van der Waals surface area (Å²) in [6, 6.07) is 9.48. The van der Waals surface area contributed by atoms with E-state index in [0.29, 0.717) is 5.69 Å². The van der Waals surface area contributed by atoms with E-state index in [4.69, 9.17) is 5.73 Å². The Morgan fingerprint density at radius 3 is 2.70 bits per heavy atom. The Hall–Kier alpha value is -2.14. The van der Waals surface area contributed by atoms with Gasteiger partial charge >= 0.3 is 0 Å². The smallest absolute Gasteiger partial charge is 0.281 e. The molecule has 1 aliphatic rings. The highest BCUT2D eigenvalue weighted by molar-refractivity contribution is 7.14. The van der Waals surface area contributed by atoms with E-state index in [-0.39, 0.29) is 5.91 Å². The molecule has 1 heterocycles. The Morgan fingerprint density at radius 1 is 1.17 bits per heavy atom. The van der Waals surface area contributed by atoms with E-state index in [1.54, 1.807) is 11.3 Å². The standard InChI is InChI=1S/C18H21N3OS/c1-12(13-7-9-15(19)10-8-13)20-21-18(22)17-11-14-5-3-2-4-6-16(14)23-17/h7-11H,2-6,19H2,1H3,(H,21,22)/b20-12-. The molecule has 1 aliphatic carbocycles. The molecule has 4 nitrogen and oxygen atoms in total. The van der Waals surface area contributed by atoms with E-state index in [0.717, 1.165) is 29.0 Å². The normalized spacial score (nSPS) is 14.9. The molecule has 1 amide bonds. The van der Waals surface area contributed by atoms with Gasteiger partial charge in [-0.15, -0.1) is 11.3 Å². The summed E-state index contributed by atoms with van der Waals surface area (Å²) in [5.41, 5.74) is 12.1. The van der Waals surface area contributed by atoms with Crippen LogP contribution in [0.1, 0.15) is 51.9 Å². The molecule has 1 aromatic heterocycles. The minimum Gasteiger partial charge on any atom is -0.399 e. The summed E-state index contributed by atoms with van der Waals surface area (Å²) in [7, 11) is 0. The zero-order valence-corrected chi connectivity index (χ0v) is 14.1. The number of hydrazone groups is 1. The molecule has 0 radical (unpaired) electrons. The van der Waals surface area contributed by atoms with Gasteiger partial charge in [0.25, 0.3) is 5.91 Å². The van der Waals surface area contributed by atoms with Gasteiger partial charge in [0, 0.05) is 10.6 Å². The van der Waals surface area contributed by atoms with Crippen LogP contribution in [0.5, 0.6) is 0 Å². The van der Waals surface area contributed by atoms with Crippen LogP contribution in [0.4, 0.5) is 5.69 Å². The third-order valence-electron chi connectivity index (χ3n) is 4.12. The van der Waals surface area contributed by atoms with Crippen molar-refractivity contribution in [1.82, 2.24) is 5.43 Å². The van der Waals surface area contributed by atoms with E-state index >= 15 is 0 Å². The number of fused-ring (bicyclic) bond motifs is 1. The van der Waals surface area contributed by atoms with Gasteiger partial charge in [-0.05, 0) is 61.9 Å². The Labute approximate surface area is 140 Å². The maximum atomic E-state index is 12.3. The van der Waals surface area contributed by atoms with Crippen molar-refractivity contribution in [2.45, 2.75) is 39.0 Å². The first-order valence-corrected chi connectivity index (χ1v) is 8.77. The van der Waals surface area contributed by atoms with Crippen molar-refractivity contribution in [3.8, 4) is 0 Å². The summed E-state index contributed by atoms with van der Waals surface area (Å²) < 4.78 is 0. The van der Waals surface area contributed by atoms with Crippen molar-refractivity contribution in [3.63, 3.8) is 0 Å². The number of nitrogens with zero attached hydrogens (tertiary/aromatic N) is 1. The molecule has 0 saturated heterocycles. The van der Waals surface area contributed by atoms with Crippen LogP contribution in [0.25, 0.3) is 0 Å². The van der Waals surface area contributed by atoms with E-state index in [1.165, 1.54) is 29.7 Å². The first-order chi connectivity index (χ1) is 11.1. The number of nitrogen functional groups attached to an aromatic ring is 1. The number of carbonyl (C=O) groups is 1. The highest BCUT2D eigenvalue weighted by Gasteiger charge is 2.16. The number of nitrogens with one attached hydrogen (secondary N) is 1. The van der Waals surface area contributed by atoms with Crippen LogP contribution in [0.3, 0.4) is 0 Å². The molecule has 0 unspecified atom stereocenters. The average Bonchev–Trinajstić information content (AvgIpc) is 2.84. The first-order valence-electron chi connectivity index (χ1n) is 7.95. The molecule has 0 spiro atoms. The number of rotatable bonds is 3. The maximum Gasteiger partial charge on any atom is 0.281 e. The molecule has 3 rings (SSSR count). The molecule has 3 N–H and O–H groups in total. The molecule has 2 aromatic rings. The van der Waals surface area contributed by atoms with Gasteiger partial charge in [-0.3, -0.25) is 4.79 Å². The lowest BCUT2D eigenvalue weighted by molar-refractivity contribution is 0.0959. The Morgan fingerprint density at radius 2 is 1.91 bits per heavy atom. The van der Waals surface area contributed by atoms with Crippen LogP contribution >= 0.6 is 11.3 Å². The first kappa shape index (κ1) is 15.7. The Balaban J connectivity index is 1.69. The van der Waals surface area contributed by atoms with Gasteiger partial charge in [-0.2, -0.15) is 5.10 Å². The van der Waals surface area contributed by atoms with E-state index < -0.39 is 0 Å². The number of nitrogens with two attached hydrogens (primary N) is 1. The summed E-state index contributed by atoms with van der Waals surface area (Å²) in [5, 5.41) is 4.21. The van der Waals surface area contributed by atoms with Gasteiger partial charge in [-0.1, -0.05) is 18.6 Å². The molecule has 120 valence electrons. The van der Waals surface area contributed by atoms with Gasteiger partial charge < -0.3 is 5.73 Å². The monoisotopic (exact) mass is 327 g/mol. The highest BCUT2D eigenvalue weighted by Crippen LogP contribution is 2.28. The van der Waals surface area contributed by atoms with Crippen LogP contribution < -0.4 is 11.2 Å². The molecule has 23 heavy (non-hydrogen) atoms. The van der Waals surface area contributed by atoms with Gasteiger partial charge in [0.1, 0.15) is 0 Å². The number of carbonyl (C=O) groups excluding carboxylic acids is 1. The number of hydrogen-bond acceptors (Lipinski definition) is 4. The van der Waals surface area contributed by atoms with E-state index in [1.807, 2.05) is 37.3 Å². The Kier molecular flexibility index (Phi) is 4.76. The summed E-state index contributed by atoms with van der Waals surface area (Å²) in [6.07, 6.45) is 5.92. The van der Waals surface area contributed by atoms with Crippen LogP contribution in [0.2, 0.25) is 0 Å². The predicted octanol–water partition coefficient (Wildman–Crippen LogP) is 3.75. The maximum absolute atomic E-state index is 12.3. The second-order valence-corrected chi connectivity index (χ2v) is 7.02. The second kappa shape index (κ2) is 6.96. The lowest BCUT2D eigenvalue weighted by Gasteiger charge is -2.02. The third-order valence-corrected chi connectivity index (χ3v) is 5.36. The van der Waals surface area contributed by atoms with Crippen molar-refractivity contribution < 1.29 is 4.79 Å². The third kappa shape index (κ3) is 3.79. The van der Waals surface area contributed by atoms with Crippen molar-refractivity contribution in [2.75, 3.05) is 5.73 Å². The number of hydrogen-bond donors (Lipinski definition) is 2. The largest absolute Gasteiger partial charge is 0.399 e. The molecule has 0 atom stereocenters. The number of anilines is 1. The Bertz CT molecular complexity index is 708. The number of aryl methyl sites for hydroxylation is 2. The van der Waals surface area contributed by atoms with E-state index in [2.05, 4.69) is 10.5 Å². The number of benzene rings is 1. The fraction of sp³-hybridized carbons (Fsp3) is 0.333. The fourth-order valence-corrected chi connectivity index (χ4v) is 3.90. The number of thiophene rings is 1. The second-order valence-electron chi connectivity index (χ2n) is 5.88. The van der Waals surface area contributed by atoms with Crippen LogP contribution in [0, 0.1) is 0 Å². The van der Waals surface area contributed by atoms with Gasteiger partial charge in [0.2, 0.25) is 0 Å². The molecule has 0 bridgehead atoms. The van der Waals surface area contributed by atoms with Crippen molar-refractivity contribution in [1.29, 1.82) is 0 Å². The quantitative estimate of drug-likeness (QED) is 0.390. The molecule has 0 fully saturated rings. The summed E-state index contributed by atoms with van der Waals surface area (Å²) in [5.74, 6) is -0.127. The van der Waals surface area contributed by atoms with Crippen molar-refractivity contribution in [2.24, 2.45) is 5.10 Å². The van der Waals surface area contributed by atoms with Gasteiger partial charge in [0.05, 0.1) is 10.6 Å². The summed E-state index contributed by atoms with van der Waals surface area (Å²) in [4.78, 5) is 14.4. The van der Waals surface area contributed by atoms with E-state index in [9.17, 15) is 4.79 Å². The lowest BCUT2D eigenvalue weighted by Crippen LogP contribution is -2.18. The minimum atomic E-state index is -0.127. The van der Waals surface area contributed by atoms with Gasteiger partial charge in [0.15, 0.2) is 0 Å². The van der Waals surface area contributed by atoms with Crippen LogP contribution in [-0.2, 0) is 12.8 Å². The van der Waals surface area contributed by atoms with Crippen LogP contribution in [-0.4, -0.2) is 11.6 Å². The molecular formula is C18H21N3OS. The van der Waals surface area contributed by atoms with Gasteiger partial charge in [-0.25, -0.2) is 5.43 Å². The fourth-order valence-electron chi connectivity index (χ4n) is 2.76. The molecule has 1 aromatic carbocycles. The molecule has 0 aliphatic heterocycles.